The smallest absolute Gasteiger partial charge is 0.322 e. The van der Waals surface area contributed by atoms with Crippen molar-refractivity contribution >= 4 is 23.6 Å². The fourth-order valence-corrected chi connectivity index (χ4v) is 2.65. The number of piperazine rings is 1. The third-order valence-corrected chi connectivity index (χ3v) is 3.70. The second-order valence-electron chi connectivity index (χ2n) is 5.01. The van der Waals surface area contributed by atoms with Gasteiger partial charge in [0, 0.05) is 26.2 Å². The van der Waals surface area contributed by atoms with Gasteiger partial charge in [-0.25, -0.2) is 4.79 Å². The van der Waals surface area contributed by atoms with E-state index < -0.39 is 0 Å². The Balaban J connectivity index is 1.74. The monoisotopic (exact) mass is 312 g/mol. The zero-order chi connectivity index (χ0) is 14.8. The predicted molar refractivity (Wildman–Crippen MR) is 76.7 cm³/mol. The largest absolute Gasteiger partial charge is 0.463 e. The summed E-state index contributed by atoms with van der Waals surface area (Å²) in [6, 6.07) is 0.386. The zero-order valence-corrected chi connectivity index (χ0v) is 12.5. The summed E-state index contributed by atoms with van der Waals surface area (Å²) in [5.41, 5.74) is 0. The lowest BCUT2D eigenvalue weighted by molar-refractivity contribution is 0.197. The Morgan fingerprint density at radius 3 is 3.05 bits per heavy atom. The maximum absolute atomic E-state index is 11.6. The molecule has 21 heavy (non-hydrogen) atoms. The molecule has 0 bridgehead atoms. The minimum Gasteiger partial charge on any atom is -0.463 e. The maximum atomic E-state index is 11.6. The summed E-state index contributed by atoms with van der Waals surface area (Å²) < 4.78 is 5.42. The van der Waals surface area contributed by atoms with Crippen molar-refractivity contribution in [2.75, 3.05) is 37.7 Å². The minimum absolute atomic E-state index is 0.000275. The van der Waals surface area contributed by atoms with Crippen LogP contribution in [0, 0.1) is 0 Å². The number of ether oxygens (including phenoxy) is 1. The number of carbonyl (C=O) groups excluding carboxylic acids is 1. The van der Waals surface area contributed by atoms with Crippen LogP contribution in [0.2, 0.25) is 5.28 Å². The van der Waals surface area contributed by atoms with Crippen molar-refractivity contribution in [2.45, 2.75) is 19.4 Å². The third-order valence-electron chi connectivity index (χ3n) is 3.53. The molecule has 9 heteroatoms. The molecule has 1 N–H and O–H groups in total. The number of hydrogen-bond acceptors (Lipinski definition) is 6. The molecule has 0 aromatic carbocycles. The van der Waals surface area contributed by atoms with Crippen molar-refractivity contribution in [1.29, 1.82) is 0 Å². The molecule has 114 valence electrons. The van der Waals surface area contributed by atoms with Crippen LogP contribution in [0.15, 0.2) is 0 Å². The Bertz CT molecular complexity index is 542. The number of aromatic nitrogens is 3. The molecule has 1 aromatic heterocycles. The molecule has 0 aliphatic carbocycles. The Labute approximate surface area is 127 Å². The van der Waals surface area contributed by atoms with Crippen molar-refractivity contribution in [3.05, 3.63) is 5.28 Å². The molecule has 0 saturated carbocycles. The number of urea groups is 1. The van der Waals surface area contributed by atoms with Crippen LogP contribution in [0.1, 0.15) is 13.3 Å². The highest BCUT2D eigenvalue weighted by molar-refractivity contribution is 6.28. The lowest BCUT2D eigenvalue weighted by Gasteiger charge is -2.36. The number of anilines is 1. The van der Waals surface area contributed by atoms with Crippen LogP contribution >= 0.6 is 11.6 Å². The van der Waals surface area contributed by atoms with E-state index in [0.29, 0.717) is 38.7 Å². The summed E-state index contributed by atoms with van der Waals surface area (Å²) in [6.45, 7) is 5.17. The Morgan fingerprint density at radius 2 is 2.24 bits per heavy atom. The fraction of sp³-hybridized carbons (Fsp3) is 0.667. The van der Waals surface area contributed by atoms with Crippen molar-refractivity contribution in [2.24, 2.45) is 0 Å². The third kappa shape index (κ3) is 2.94. The van der Waals surface area contributed by atoms with Gasteiger partial charge in [-0.05, 0) is 18.0 Å². The fourth-order valence-electron chi connectivity index (χ4n) is 2.51. The maximum Gasteiger partial charge on any atom is 0.322 e. The van der Waals surface area contributed by atoms with E-state index in [1.54, 1.807) is 0 Å². The summed E-state index contributed by atoms with van der Waals surface area (Å²) in [4.78, 5) is 27.9. The summed E-state index contributed by atoms with van der Waals surface area (Å²) in [6.07, 6.45) is 0.868. The summed E-state index contributed by atoms with van der Waals surface area (Å²) >= 11 is 5.94. The molecule has 3 heterocycles. The van der Waals surface area contributed by atoms with E-state index in [-0.39, 0.29) is 23.4 Å². The molecule has 2 aliphatic heterocycles. The molecule has 2 saturated heterocycles. The second kappa shape index (κ2) is 5.88. The van der Waals surface area contributed by atoms with Crippen LogP contribution in [0.4, 0.5) is 10.7 Å². The van der Waals surface area contributed by atoms with Crippen molar-refractivity contribution in [1.82, 2.24) is 25.2 Å². The van der Waals surface area contributed by atoms with Gasteiger partial charge in [-0.15, -0.1) is 0 Å². The van der Waals surface area contributed by atoms with E-state index in [9.17, 15) is 4.79 Å². The molecule has 1 atom stereocenters. The van der Waals surface area contributed by atoms with Gasteiger partial charge in [0.1, 0.15) is 0 Å². The lowest BCUT2D eigenvalue weighted by atomic mass is 10.2. The second-order valence-corrected chi connectivity index (χ2v) is 5.35. The first-order valence-corrected chi connectivity index (χ1v) is 7.39. The average Bonchev–Trinajstić information content (AvgIpc) is 2.85. The molecular weight excluding hydrogens is 296 g/mol. The Morgan fingerprint density at radius 1 is 1.38 bits per heavy atom. The van der Waals surface area contributed by atoms with E-state index in [1.807, 2.05) is 16.7 Å². The Hall–Kier alpha value is -1.83. The van der Waals surface area contributed by atoms with E-state index in [4.69, 9.17) is 16.3 Å². The summed E-state index contributed by atoms with van der Waals surface area (Å²) in [5, 5.41) is 2.96. The average molecular weight is 313 g/mol. The van der Waals surface area contributed by atoms with Gasteiger partial charge in [0.25, 0.3) is 0 Å². The number of carbonyl (C=O) groups is 1. The first kappa shape index (κ1) is 14.1. The lowest BCUT2D eigenvalue weighted by Crippen LogP contribution is -2.52. The van der Waals surface area contributed by atoms with Gasteiger partial charge in [-0.3, -0.25) is 0 Å². The molecule has 2 amide bonds. The van der Waals surface area contributed by atoms with Crippen LogP contribution in [-0.4, -0.2) is 64.7 Å². The van der Waals surface area contributed by atoms with Gasteiger partial charge in [0.15, 0.2) is 0 Å². The van der Waals surface area contributed by atoms with Gasteiger partial charge in [-0.2, -0.15) is 15.0 Å². The Kier molecular flexibility index (Phi) is 3.96. The number of halogens is 1. The van der Waals surface area contributed by atoms with Crippen molar-refractivity contribution in [3.8, 4) is 6.01 Å². The highest BCUT2D eigenvalue weighted by Crippen LogP contribution is 2.20. The van der Waals surface area contributed by atoms with Crippen LogP contribution in [0.5, 0.6) is 6.01 Å². The van der Waals surface area contributed by atoms with Gasteiger partial charge < -0.3 is 19.9 Å². The molecule has 8 nitrogen and oxygen atoms in total. The van der Waals surface area contributed by atoms with E-state index in [0.717, 1.165) is 6.42 Å². The van der Waals surface area contributed by atoms with Crippen LogP contribution < -0.4 is 15.0 Å². The first-order chi connectivity index (χ1) is 10.2. The molecule has 0 spiro atoms. The van der Waals surface area contributed by atoms with E-state index in [2.05, 4.69) is 20.3 Å². The highest BCUT2D eigenvalue weighted by Gasteiger charge is 2.36. The van der Waals surface area contributed by atoms with Crippen molar-refractivity contribution in [3.63, 3.8) is 0 Å². The quantitative estimate of drug-likeness (QED) is 0.873. The van der Waals surface area contributed by atoms with Gasteiger partial charge in [0.05, 0.1) is 12.6 Å². The topological polar surface area (TPSA) is 83.5 Å². The normalized spacial score (nSPS) is 21.2. The van der Waals surface area contributed by atoms with Gasteiger partial charge >= 0.3 is 12.0 Å². The molecule has 1 aromatic rings. The standard InChI is InChI=1S/C12H17ClN6O2/c1-2-5-21-11-16-9(13)15-10(17-11)18-3-4-19-8(7-18)6-14-12(19)20/h8H,2-7H2,1H3,(H,14,20). The number of rotatable bonds is 4. The summed E-state index contributed by atoms with van der Waals surface area (Å²) in [5.74, 6) is 0.500. The van der Waals surface area contributed by atoms with Gasteiger partial charge in [-0.1, -0.05) is 6.92 Å². The predicted octanol–water partition coefficient (Wildman–Crippen LogP) is 0.528. The SMILES string of the molecule is CCCOc1nc(Cl)nc(N2CCN3C(=O)NCC3C2)n1. The number of nitrogens with zero attached hydrogens (tertiary/aromatic N) is 5. The number of amides is 2. The molecule has 3 rings (SSSR count). The highest BCUT2D eigenvalue weighted by atomic mass is 35.5. The molecule has 2 fully saturated rings. The van der Waals surface area contributed by atoms with Crippen molar-refractivity contribution < 1.29 is 9.53 Å². The van der Waals surface area contributed by atoms with Crippen LogP contribution in [0.25, 0.3) is 0 Å². The summed E-state index contributed by atoms with van der Waals surface area (Å²) in [7, 11) is 0. The van der Waals surface area contributed by atoms with Crippen LogP contribution in [0.3, 0.4) is 0 Å². The van der Waals surface area contributed by atoms with Crippen LogP contribution in [-0.2, 0) is 0 Å². The van der Waals surface area contributed by atoms with E-state index in [1.165, 1.54) is 0 Å². The molecule has 0 radical (unpaired) electrons. The van der Waals surface area contributed by atoms with Gasteiger partial charge in [0.2, 0.25) is 11.2 Å². The first-order valence-electron chi connectivity index (χ1n) is 7.01. The molecule has 2 aliphatic rings. The number of hydrogen-bond donors (Lipinski definition) is 1. The molecule has 1 unspecified atom stereocenters. The number of fused-ring (bicyclic) bond motifs is 1. The van der Waals surface area contributed by atoms with E-state index >= 15 is 0 Å². The minimum atomic E-state index is 0.000275. The zero-order valence-electron chi connectivity index (χ0n) is 11.8. The number of nitrogens with one attached hydrogen (secondary N) is 1. The molecular formula is C12H17ClN6O2.